The van der Waals surface area contributed by atoms with Crippen molar-refractivity contribution in [2.24, 2.45) is 5.92 Å². The summed E-state index contributed by atoms with van der Waals surface area (Å²) in [6.07, 6.45) is 5.30. The van der Waals surface area contributed by atoms with Crippen molar-refractivity contribution >= 4 is 17.1 Å². The fourth-order valence-corrected chi connectivity index (χ4v) is 4.42. The lowest BCUT2D eigenvalue weighted by atomic mass is 9.91. The Morgan fingerprint density at radius 1 is 1.17 bits per heavy atom. The first-order chi connectivity index (χ1) is 16.7. The van der Waals surface area contributed by atoms with Crippen molar-refractivity contribution in [3.05, 3.63) is 47.8 Å². The molecule has 0 saturated carbocycles. The highest BCUT2D eigenvalue weighted by atomic mass is 16.6. The maximum Gasteiger partial charge on any atom is 0.410 e. The van der Waals surface area contributed by atoms with E-state index in [4.69, 9.17) is 14.0 Å². The Bertz CT molecular complexity index is 1130. The van der Waals surface area contributed by atoms with E-state index in [0.717, 1.165) is 66.7 Å². The molecule has 35 heavy (non-hydrogen) atoms. The standard InChI is InChI=1S/C27H36N4O4/c1-27(2,3)34-26(32)31-16-13-19(14-17-31)9-11-22-20-10-12-23(33-24-8-6-7-15-28-24)21(18-30(4)5)25(20)35-29-22/h6-8,10,12,15,19H,9,11,13-14,16-18H2,1-5H3. The molecule has 8 nitrogen and oxygen atoms in total. The van der Waals surface area contributed by atoms with Gasteiger partial charge in [0, 0.05) is 37.3 Å². The zero-order chi connectivity index (χ0) is 25.0. The van der Waals surface area contributed by atoms with Gasteiger partial charge in [-0.1, -0.05) is 11.2 Å². The summed E-state index contributed by atoms with van der Waals surface area (Å²) in [4.78, 5) is 20.5. The summed E-state index contributed by atoms with van der Waals surface area (Å²) in [6.45, 7) is 7.84. The number of piperidine rings is 1. The minimum atomic E-state index is -0.462. The molecule has 0 radical (unpaired) electrons. The van der Waals surface area contributed by atoms with E-state index in [1.54, 1.807) is 6.20 Å². The number of likely N-dealkylation sites (tertiary alicyclic amines) is 1. The van der Waals surface area contributed by atoms with Gasteiger partial charge in [-0.3, -0.25) is 0 Å². The van der Waals surface area contributed by atoms with Gasteiger partial charge in [-0.25, -0.2) is 9.78 Å². The molecule has 4 rings (SSSR count). The van der Waals surface area contributed by atoms with Crippen LogP contribution in [0.4, 0.5) is 4.79 Å². The second-order valence-corrected chi connectivity index (χ2v) is 10.5. The minimum absolute atomic E-state index is 0.212. The summed E-state index contributed by atoms with van der Waals surface area (Å²) in [7, 11) is 4.04. The Morgan fingerprint density at radius 2 is 1.94 bits per heavy atom. The number of ether oxygens (including phenoxy) is 2. The van der Waals surface area contributed by atoms with Gasteiger partial charge >= 0.3 is 6.09 Å². The zero-order valence-corrected chi connectivity index (χ0v) is 21.4. The molecular formula is C27H36N4O4. The molecule has 1 fully saturated rings. The Kier molecular flexibility index (Phi) is 7.60. The Labute approximate surface area is 207 Å². The van der Waals surface area contributed by atoms with E-state index in [1.807, 2.05) is 70.1 Å². The first kappa shape index (κ1) is 25.0. The lowest BCUT2D eigenvalue weighted by molar-refractivity contribution is 0.0181. The van der Waals surface area contributed by atoms with E-state index in [-0.39, 0.29) is 6.09 Å². The van der Waals surface area contributed by atoms with Crippen LogP contribution < -0.4 is 4.74 Å². The van der Waals surface area contributed by atoms with Gasteiger partial charge < -0.3 is 23.8 Å². The number of pyridine rings is 1. The first-order valence-electron chi connectivity index (χ1n) is 12.3. The smallest absolute Gasteiger partial charge is 0.410 e. The van der Waals surface area contributed by atoms with Gasteiger partial charge in [0.15, 0.2) is 5.58 Å². The van der Waals surface area contributed by atoms with Gasteiger partial charge in [-0.15, -0.1) is 0 Å². The molecule has 1 aromatic carbocycles. The molecule has 0 spiro atoms. The number of carbonyl (C=O) groups excluding carboxylic acids is 1. The fraction of sp³-hybridized carbons (Fsp3) is 0.519. The van der Waals surface area contributed by atoms with Crippen molar-refractivity contribution in [3.63, 3.8) is 0 Å². The summed E-state index contributed by atoms with van der Waals surface area (Å²) in [5, 5.41) is 5.46. The van der Waals surface area contributed by atoms with Crippen molar-refractivity contribution < 1.29 is 18.8 Å². The van der Waals surface area contributed by atoms with Gasteiger partial charge in [0.05, 0.1) is 11.3 Å². The fourth-order valence-electron chi connectivity index (χ4n) is 4.42. The third-order valence-corrected chi connectivity index (χ3v) is 6.16. The number of aromatic nitrogens is 2. The summed E-state index contributed by atoms with van der Waals surface area (Å²) < 4.78 is 17.4. The van der Waals surface area contributed by atoms with E-state index in [1.165, 1.54) is 0 Å². The molecule has 2 aromatic heterocycles. The summed E-state index contributed by atoms with van der Waals surface area (Å²) in [5.74, 6) is 1.82. The number of aryl methyl sites for hydroxylation is 1. The van der Waals surface area contributed by atoms with Gasteiger partial charge in [0.1, 0.15) is 11.4 Å². The average Bonchev–Trinajstić information content (AvgIpc) is 3.22. The van der Waals surface area contributed by atoms with E-state index in [0.29, 0.717) is 18.3 Å². The lowest BCUT2D eigenvalue weighted by Gasteiger charge is -2.33. The predicted octanol–water partition coefficient (Wildman–Crippen LogP) is 5.66. The van der Waals surface area contributed by atoms with Gasteiger partial charge in [-0.05, 0) is 84.7 Å². The van der Waals surface area contributed by atoms with Crippen LogP contribution in [0, 0.1) is 5.92 Å². The monoisotopic (exact) mass is 480 g/mol. The topological polar surface area (TPSA) is 80.9 Å². The van der Waals surface area contributed by atoms with Crippen LogP contribution in [0.3, 0.4) is 0 Å². The molecule has 1 aliphatic rings. The number of hydrogen-bond acceptors (Lipinski definition) is 7. The largest absolute Gasteiger partial charge is 0.444 e. The Hall–Kier alpha value is -3.13. The second-order valence-electron chi connectivity index (χ2n) is 10.5. The van der Waals surface area contributed by atoms with Gasteiger partial charge in [-0.2, -0.15) is 0 Å². The van der Waals surface area contributed by atoms with Gasteiger partial charge in [0.25, 0.3) is 0 Å². The Morgan fingerprint density at radius 3 is 2.60 bits per heavy atom. The molecule has 3 heterocycles. The minimum Gasteiger partial charge on any atom is -0.444 e. The first-order valence-corrected chi connectivity index (χ1v) is 12.3. The number of benzene rings is 1. The SMILES string of the molecule is CN(C)Cc1c(Oc2ccccn2)ccc2c(CCC3CCN(C(=O)OC(C)(C)C)CC3)noc12. The number of hydrogen-bond donors (Lipinski definition) is 0. The van der Waals surface area contributed by atoms with E-state index in [9.17, 15) is 4.79 Å². The molecular weight excluding hydrogens is 444 g/mol. The van der Waals surface area contributed by atoms with Crippen molar-refractivity contribution in [1.82, 2.24) is 19.9 Å². The predicted molar refractivity (Wildman–Crippen MR) is 135 cm³/mol. The molecule has 0 unspecified atom stereocenters. The van der Waals surface area contributed by atoms with Gasteiger partial charge in [0.2, 0.25) is 5.88 Å². The molecule has 0 aliphatic carbocycles. The van der Waals surface area contributed by atoms with E-state index < -0.39 is 5.60 Å². The Balaban J connectivity index is 1.42. The second kappa shape index (κ2) is 10.6. The molecule has 0 bridgehead atoms. The van der Waals surface area contributed by atoms with Crippen LogP contribution in [0.15, 0.2) is 41.1 Å². The summed E-state index contributed by atoms with van der Waals surface area (Å²) >= 11 is 0. The van der Waals surface area contributed by atoms with Crippen molar-refractivity contribution in [2.75, 3.05) is 27.2 Å². The molecule has 0 atom stereocenters. The van der Waals surface area contributed by atoms with E-state index in [2.05, 4.69) is 15.0 Å². The lowest BCUT2D eigenvalue weighted by Crippen LogP contribution is -2.41. The van der Waals surface area contributed by atoms with Crippen LogP contribution in [0.1, 0.15) is 51.3 Å². The van der Waals surface area contributed by atoms with Crippen LogP contribution in [-0.2, 0) is 17.7 Å². The van der Waals surface area contributed by atoms with Crippen LogP contribution in [-0.4, -0.2) is 58.8 Å². The molecule has 188 valence electrons. The number of rotatable bonds is 7. The highest BCUT2D eigenvalue weighted by Gasteiger charge is 2.27. The van der Waals surface area contributed by atoms with Crippen molar-refractivity contribution in [2.45, 2.75) is 58.6 Å². The van der Waals surface area contributed by atoms with Crippen LogP contribution in [0.2, 0.25) is 0 Å². The van der Waals surface area contributed by atoms with Crippen molar-refractivity contribution in [1.29, 1.82) is 0 Å². The molecule has 1 aliphatic heterocycles. The number of nitrogens with zero attached hydrogens (tertiary/aromatic N) is 4. The summed E-state index contributed by atoms with van der Waals surface area (Å²) in [6, 6.07) is 9.61. The van der Waals surface area contributed by atoms with Crippen LogP contribution in [0.5, 0.6) is 11.6 Å². The normalized spacial score (nSPS) is 15.1. The molecule has 1 saturated heterocycles. The van der Waals surface area contributed by atoms with Crippen LogP contribution in [0.25, 0.3) is 11.0 Å². The molecule has 3 aromatic rings. The van der Waals surface area contributed by atoms with Crippen LogP contribution >= 0.6 is 0 Å². The number of carbonyl (C=O) groups is 1. The third kappa shape index (κ3) is 6.51. The quantitative estimate of drug-likeness (QED) is 0.432. The highest BCUT2D eigenvalue weighted by molar-refractivity contribution is 5.84. The maximum absolute atomic E-state index is 12.3. The number of fused-ring (bicyclic) bond motifs is 1. The molecule has 0 N–H and O–H groups in total. The highest BCUT2D eigenvalue weighted by Crippen LogP contribution is 2.34. The maximum atomic E-state index is 12.3. The zero-order valence-electron chi connectivity index (χ0n) is 21.4. The summed E-state index contributed by atoms with van der Waals surface area (Å²) in [5.41, 5.74) is 2.24. The molecule has 1 amide bonds. The average molecular weight is 481 g/mol. The van der Waals surface area contributed by atoms with E-state index >= 15 is 0 Å². The third-order valence-electron chi connectivity index (χ3n) is 6.16. The number of amides is 1. The van der Waals surface area contributed by atoms with Crippen molar-refractivity contribution in [3.8, 4) is 11.6 Å². The molecule has 8 heteroatoms.